The van der Waals surface area contributed by atoms with E-state index in [4.69, 9.17) is 9.05 Å². The van der Waals surface area contributed by atoms with Gasteiger partial charge in [-0.2, -0.15) is 13.9 Å². The zero-order chi connectivity index (χ0) is 14.0. The average molecular weight is 286 g/mol. The lowest BCUT2D eigenvalue weighted by Gasteiger charge is -2.29. The predicted octanol–water partition coefficient (Wildman–Crippen LogP) is 3.06. The molecule has 2 atom stereocenters. The molecule has 0 amide bonds. The topological polar surface area (TPSA) is 81.8 Å². The Morgan fingerprint density at radius 1 is 1.32 bits per heavy atom. The maximum atomic E-state index is 10.6. The molecule has 0 bridgehead atoms. The fourth-order valence-electron chi connectivity index (χ4n) is 2.17. The van der Waals surface area contributed by atoms with Crippen molar-refractivity contribution in [3.05, 3.63) is 39.9 Å². The predicted molar refractivity (Wildman–Crippen MR) is 71.7 cm³/mol. The van der Waals surface area contributed by atoms with Crippen LogP contribution in [0.5, 0.6) is 0 Å². The van der Waals surface area contributed by atoms with Crippen molar-refractivity contribution in [2.24, 2.45) is 0 Å². The second kappa shape index (κ2) is 5.51. The second-order valence-corrected chi connectivity index (χ2v) is 6.80. The summed E-state index contributed by atoms with van der Waals surface area (Å²) in [4.78, 5) is 20.5. The first kappa shape index (κ1) is 14.3. The van der Waals surface area contributed by atoms with Gasteiger partial charge in [0.15, 0.2) is 6.16 Å². The molecule has 2 rings (SSSR count). The van der Waals surface area contributed by atoms with Crippen LogP contribution in [-0.2, 0) is 15.2 Å². The van der Waals surface area contributed by atoms with Gasteiger partial charge in [-0.15, -0.1) is 0 Å². The minimum absolute atomic E-state index is 0.0290. The summed E-state index contributed by atoms with van der Waals surface area (Å²) in [6.45, 7) is 3.81. The number of nitro groups is 1. The van der Waals surface area contributed by atoms with Crippen molar-refractivity contribution in [2.45, 2.75) is 38.6 Å². The Bertz CT molecular complexity index is 454. The van der Waals surface area contributed by atoms with Crippen molar-refractivity contribution in [1.29, 1.82) is 0 Å². The number of rotatable bonds is 3. The van der Waals surface area contributed by atoms with Gasteiger partial charge in [0.1, 0.15) is 12.2 Å². The summed E-state index contributed by atoms with van der Waals surface area (Å²) in [5.41, 5.74) is 0.795. The van der Waals surface area contributed by atoms with E-state index in [-0.39, 0.29) is 24.1 Å². The molecule has 1 aliphatic rings. The van der Waals surface area contributed by atoms with E-state index in [0.29, 0.717) is 0 Å². The van der Waals surface area contributed by atoms with E-state index in [1.54, 1.807) is 12.1 Å². The quantitative estimate of drug-likeness (QED) is 0.524. The van der Waals surface area contributed by atoms with E-state index in [9.17, 15) is 15.0 Å². The molecule has 0 saturated carbocycles. The van der Waals surface area contributed by atoms with Gasteiger partial charge in [-0.3, -0.25) is 10.1 Å². The fourth-order valence-corrected chi connectivity index (χ4v) is 4.34. The van der Waals surface area contributed by atoms with Gasteiger partial charge in [-0.25, -0.2) is 0 Å². The molecule has 1 N–H and O–H groups in total. The lowest BCUT2D eigenvalue weighted by molar-refractivity contribution is -0.384. The Hall–Kier alpha value is -1.07. The van der Waals surface area contributed by atoms with E-state index in [1.807, 2.05) is 13.8 Å². The Kier molecular flexibility index (Phi) is 4.16. The third-order valence-corrected chi connectivity index (χ3v) is 5.03. The van der Waals surface area contributed by atoms with Crippen LogP contribution >= 0.6 is 7.94 Å². The highest BCUT2D eigenvalue weighted by molar-refractivity contribution is 7.59. The molecule has 2 unspecified atom stereocenters. The van der Waals surface area contributed by atoms with Crippen LogP contribution in [0.2, 0.25) is 0 Å². The Balaban J connectivity index is 2.09. The van der Waals surface area contributed by atoms with Gasteiger partial charge in [0.05, 0.1) is 4.92 Å². The molecule has 1 heterocycles. The Labute approximate surface area is 112 Å². The minimum Gasteiger partial charge on any atom is -0.258 e. The highest BCUT2D eigenvalue weighted by atomic mass is 31.2. The summed E-state index contributed by atoms with van der Waals surface area (Å²) in [7, 11) is -2.91. The molecule has 1 fully saturated rings. The van der Waals surface area contributed by atoms with E-state index >= 15 is 0 Å². The molecule has 0 aliphatic carbocycles. The molecule has 1 aromatic carbocycles. The largest absolute Gasteiger partial charge is 0.414 e. The first-order valence-electron chi connectivity index (χ1n) is 6.09. The average Bonchev–Trinajstić information content (AvgIpc) is 2.26. The van der Waals surface area contributed by atoms with Gasteiger partial charge in [0.25, 0.3) is 5.69 Å². The van der Waals surface area contributed by atoms with Crippen molar-refractivity contribution in [3.8, 4) is 0 Å². The zero-order valence-corrected chi connectivity index (χ0v) is 11.7. The third-order valence-electron chi connectivity index (χ3n) is 2.88. The van der Waals surface area contributed by atoms with Crippen LogP contribution in [-0.4, -0.2) is 22.0 Å². The standard InChI is InChI=1S/C12H17NO5P/c1-9-7-10(2)18-19(16,17-9)8-11-3-5-12(6-4-11)13(14)15/h3-6,9-10,16H,7-8H2,1-2H3/q+1. The summed E-state index contributed by atoms with van der Waals surface area (Å²) in [6.07, 6.45) is 0.919. The van der Waals surface area contributed by atoms with Gasteiger partial charge in [-0.05, 0) is 31.5 Å². The van der Waals surface area contributed by atoms with Crippen molar-refractivity contribution >= 4 is 13.6 Å². The van der Waals surface area contributed by atoms with Gasteiger partial charge in [-0.1, -0.05) is 0 Å². The lowest BCUT2D eigenvalue weighted by Crippen LogP contribution is -2.27. The first-order chi connectivity index (χ1) is 8.88. The molecular weight excluding hydrogens is 269 g/mol. The highest BCUT2D eigenvalue weighted by Gasteiger charge is 2.48. The lowest BCUT2D eigenvalue weighted by atomic mass is 10.2. The number of nitro benzene ring substituents is 1. The van der Waals surface area contributed by atoms with Crippen LogP contribution in [0.3, 0.4) is 0 Å². The molecule has 104 valence electrons. The van der Waals surface area contributed by atoms with Crippen LogP contribution < -0.4 is 0 Å². The Morgan fingerprint density at radius 2 is 1.84 bits per heavy atom. The zero-order valence-electron chi connectivity index (χ0n) is 10.9. The summed E-state index contributed by atoms with van der Waals surface area (Å²) < 4.78 is 11.1. The number of hydrogen-bond donors (Lipinski definition) is 1. The van der Waals surface area contributed by atoms with E-state index in [2.05, 4.69) is 0 Å². The van der Waals surface area contributed by atoms with Gasteiger partial charge in [0.2, 0.25) is 0 Å². The van der Waals surface area contributed by atoms with Crippen molar-refractivity contribution in [3.63, 3.8) is 0 Å². The maximum absolute atomic E-state index is 10.6. The highest BCUT2D eigenvalue weighted by Crippen LogP contribution is 2.64. The second-order valence-electron chi connectivity index (χ2n) is 4.79. The van der Waals surface area contributed by atoms with Crippen LogP contribution in [0.1, 0.15) is 25.8 Å². The first-order valence-corrected chi connectivity index (χ1v) is 7.85. The SMILES string of the molecule is CC1CC(C)O[P+](O)(Cc2ccc([N+](=O)[O-])cc2)O1. The van der Waals surface area contributed by atoms with Gasteiger partial charge < -0.3 is 0 Å². The normalized spacial score (nSPS) is 31.1. The fraction of sp³-hybridized carbons (Fsp3) is 0.500. The number of non-ortho nitro benzene ring substituents is 1. The summed E-state index contributed by atoms with van der Waals surface area (Å²) >= 11 is 0. The molecule has 6 nitrogen and oxygen atoms in total. The molecule has 7 heteroatoms. The molecule has 1 saturated heterocycles. The smallest absolute Gasteiger partial charge is 0.258 e. The molecule has 0 spiro atoms. The van der Waals surface area contributed by atoms with Gasteiger partial charge in [0, 0.05) is 18.6 Å². The van der Waals surface area contributed by atoms with Crippen molar-refractivity contribution in [1.82, 2.24) is 0 Å². The number of hydrogen-bond acceptors (Lipinski definition) is 5. The van der Waals surface area contributed by atoms with Crippen LogP contribution in [0.4, 0.5) is 5.69 Å². The summed E-state index contributed by atoms with van der Waals surface area (Å²) in [6, 6.07) is 6.07. The maximum Gasteiger partial charge on any atom is 0.414 e. The van der Waals surface area contributed by atoms with Gasteiger partial charge >= 0.3 is 7.94 Å². The molecule has 19 heavy (non-hydrogen) atoms. The molecule has 0 radical (unpaired) electrons. The van der Waals surface area contributed by atoms with E-state index in [1.165, 1.54) is 12.1 Å². The Morgan fingerprint density at radius 3 is 2.32 bits per heavy atom. The monoisotopic (exact) mass is 286 g/mol. The van der Waals surface area contributed by atoms with E-state index < -0.39 is 12.9 Å². The third kappa shape index (κ3) is 3.70. The number of benzene rings is 1. The van der Waals surface area contributed by atoms with Crippen LogP contribution in [0, 0.1) is 10.1 Å². The molecule has 1 aliphatic heterocycles. The number of nitrogens with zero attached hydrogens (tertiary/aromatic N) is 1. The van der Waals surface area contributed by atoms with Crippen LogP contribution in [0.15, 0.2) is 24.3 Å². The van der Waals surface area contributed by atoms with Crippen LogP contribution in [0.25, 0.3) is 0 Å². The minimum atomic E-state index is -2.91. The molecule has 1 aromatic rings. The van der Waals surface area contributed by atoms with E-state index in [0.717, 1.165) is 12.0 Å². The molecule has 0 aromatic heterocycles. The van der Waals surface area contributed by atoms with Crippen molar-refractivity contribution < 1.29 is 18.9 Å². The summed E-state index contributed by atoms with van der Waals surface area (Å²) in [5.74, 6) is 0. The van der Waals surface area contributed by atoms with Crippen molar-refractivity contribution in [2.75, 3.05) is 0 Å². The molecular formula is C12H17NO5P+. The summed E-state index contributed by atoms with van der Waals surface area (Å²) in [5, 5.41) is 10.6.